The Bertz CT molecular complexity index is 639. The van der Waals surface area contributed by atoms with E-state index in [4.69, 9.17) is 9.15 Å². The molecule has 0 aliphatic carbocycles. The van der Waals surface area contributed by atoms with Gasteiger partial charge in [-0.2, -0.15) is 0 Å². The van der Waals surface area contributed by atoms with Gasteiger partial charge in [0.15, 0.2) is 6.10 Å². The van der Waals surface area contributed by atoms with Gasteiger partial charge in [-0.1, -0.05) is 19.9 Å². The minimum atomic E-state index is -0.325. The minimum Gasteiger partial charge on any atom is -0.422 e. The second kappa shape index (κ2) is 7.23. The van der Waals surface area contributed by atoms with Crippen molar-refractivity contribution in [2.24, 2.45) is 0 Å². The normalized spacial score (nSPS) is 18.6. The summed E-state index contributed by atoms with van der Waals surface area (Å²) >= 11 is 1.69. The predicted molar refractivity (Wildman–Crippen MR) is 86.3 cm³/mol. The first kappa shape index (κ1) is 16.1. The Hall–Kier alpha value is -1.73. The van der Waals surface area contributed by atoms with E-state index in [0.29, 0.717) is 37.9 Å². The summed E-state index contributed by atoms with van der Waals surface area (Å²) in [5.74, 6) is 1.40. The molecule has 0 spiro atoms. The number of ether oxygens (including phenoxy) is 1. The van der Waals surface area contributed by atoms with E-state index >= 15 is 0 Å². The van der Waals surface area contributed by atoms with Gasteiger partial charge in [0.25, 0.3) is 0 Å². The van der Waals surface area contributed by atoms with E-state index in [-0.39, 0.29) is 17.9 Å². The van der Waals surface area contributed by atoms with Gasteiger partial charge in [0.2, 0.25) is 17.7 Å². The van der Waals surface area contributed by atoms with Crippen molar-refractivity contribution in [2.45, 2.75) is 38.7 Å². The monoisotopic (exact) mass is 335 g/mol. The Labute approximate surface area is 139 Å². The summed E-state index contributed by atoms with van der Waals surface area (Å²) in [4.78, 5) is 15.5. The van der Waals surface area contributed by atoms with E-state index in [1.807, 2.05) is 30.2 Å². The van der Waals surface area contributed by atoms with Gasteiger partial charge >= 0.3 is 0 Å². The van der Waals surface area contributed by atoms with E-state index < -0.39 is 0 Å². The highest BCUT2D eigenvalue weighted by Crippen LogP contribution is 2.24. The quantitative estimate of drug-likeness (QED) is 0.840. The topological polar surface area (TPSA) is 68.5 Å². The fraction of sp³-hybridized carbons (Fsp3) is 0.562. The summed E-state index contributed by atoms with van der Waals surface area (Å²) in [6.07, 6.45) is 0.986. The van der Waals surface area contributed by atoms with E-state index in [9.17, 15) is 4.79 Å². The van der Waals surface area contributed by atoms with Gasteiger partial charge in [-0.3, -0.25) is 4.79 Å². The molecule has 6 nitrogen and oxygen atoms in total. The molecule has 0 radical (unpaired) electrons. The number of hydrogen-bond donors (Lipinski definition) is 0. The van der Waals surface area contributed by atoms with Crippen molar-refractivity contribution >= 4 is 17.2 Å². The number of amides is 1. The maximum Gasteiger partial charge on any atom is 0.247 e. The highest BCUT2D eigenvalue weighted by Gasteiger charge is 2.29. The summed E-state index contributed by atoms with van der Waals surface area (Å²) < 4.78 is 11.3. The van der Waals surface area contributed by atoms with Crippen molar-refractivity contribution in [3.8, 4) is 0 Å². The predicted octanol–water partition coefficient (Wildman–Crippen LogP) is 2.79. The Kier molecular flexibility index (Phi) is 5.07. The molecule has 0 saturated carbocycles. The molecule has 2 aromatic rings. The SMILES string of the molecule is CC(C)c1nnc([C@H]2CN(C(=O)CCc3cccs3)CCO2)o1. The van der Waals surface area contributed by atoms with E-state index in [0.717, 1.165) is 6.42 Å². The molecule has 3 rings (SSSR count). The van der Waals surface area contributed by atoms with Crippen molar-refractivity contribution < 1.29 is 13.9 Å². The summed E-state index contributed by atoms with van der Waals surface area (Å²) in [5, 5.41) is 10.1. The van der Waals surface area contributed by atoms with Gasteiger partial charge in [-0.05, 0) is 17.9 Å². The molecular weight excluding hydrogens is 314 g/mol. The molecule has 0 bridgehead atoms. The van der Waals surface area contributed by atoms with Crippen LogP contribution in [-0.2, 0) is 16.0 Å². The maximum absolute atomic E-state index is 12.4. The average molecular weight is 335 g/mol. The van der Waals surface area contributed by atoms with Crippen molar-refractivity contribution in [3.63, 3.8) is 0 Å². The van der Waals surface area contributed by atoms with Crippen LogP contribution in [0.25, 0.3) is 0 Å². The number of aromatic nitrogens is 2. The molecule has 1 fully saturated rings. The lowest BCUT2D eigenvalue weighted by molar-refractivity contribution is -0.139. The van der Waals surface area contributed by atoms with Crippen LogP contribution in [0.3, 0.4) is 0 Å². The fourth-order valence-corrected chi connectivity index (χ4v) is 3.19. The van der Waals surface area contributed by atoms with Gasteiger partial charge in [0.1, 0.15) is 0 Å². The first-order valence-corrected chi connectivity index (χ1v) is 8.76. The lowest BCUT2D eigenvalue weighted by Crippen LogP contribution is -2.42. The van der Waals surface area contributed by atoms with Crippen molar-refractivity contribution in [2.75, 3.05) is 19.7 Å². The third-order valence-corrected chi connectivity index (χ3v) is 4.75. The standard InChI is InChI=1S/C16H21N3O3S/c1-11(2)15-17-18-16(22-15)13-10-19(7-8-21-13)14(20)6-5-12-4-3-9-23-12/h3-4,9,11,13H,5-8,10H2,1-2H3/t13-/m1/s1. The molecule has 1 amide bonds. The van der Waals surface area contributed by atoms with Crippen LogP contribution in [0.2, 0.25) is 0 Å². The zero-order valence-electron chi connectivity index (χ0n) is 13.4. The molecule has 23 heavy (non-hydrogen) atoms. The minimum absolute atomic E-state index is 0.148. The third-order valence-electron chi connectivity index (χ3n) is 3.81. The number of thiophene rings is 1. The van der Waals surface area contributed by atoms with Gasteiger partial charge in [-0.15, -0.1) is 21.5 Å². The van der Waals surface area contributed by atoms with Crippen LogP contribution in [-0.4, -0.2) is 40.7 Å². The second-order valence-electron chi connectivity index (χ2n) is 5.91. The van der Waals surface area contributed by atoms with Crippen molar-refractivity contribution in [3.05, 3.63) is 34.2 Å². The van der Waals surface area contributed by atoms with Crippen LogP contribution in [0.4, 0.5) is 0 Å². The van der Waals surface area contributed by atoms with Crippen LogP contribution in [0.15, 0.2) is 21.9 Å². The Morgan fingerprint density at radius 1 is 1.48 bits per heavy atom. The van der Waals surface area contributed by atoms with Gasteiger partial charge < -0.3 is 14.1 Å². The summed E-state index contributed by atoms with van der Waals surface area (Å²) in [6, 6.07) is 4.07. The largest absolute Gasteiger partial charge is 0.422 e. The molecule has 124 valence electrons. The van der Waals surface area contributed by atoms with Gasteiger partial charge in [0.05, 0.1) is 13.2 Å². The van der Waals surface area contributed by atoms with E-state index in [2.05, 4.69) is 16.3 Å². The van der Waals surface area contributed by atoms with Crippen molar-refractivity contribution in [1.82, 2.24) is 15.1 Å². The first-order chi connectivity index (χ1) is 11.1. The van der Waals surface area contributed by atoms with E-state index in [1.54, 1.807) is 11.3 Å². The van der Waals surface area contributed by atoms with Crippen molar-refractivity contribution in [1.29, 1.82) is 0 Å². The molecular formula is C16H21N3O3S. The number of hydrogen-bond acceptors (Lipinski definition) is 6. The number of morpholine rings is 1. The van der Waals surface area contributed by atoms with Crippen LogP contribution in [0.5, 0.6) is 0 Å². The van der Waals surface area contributed by atoms with Gasteiger partial charge in [-0.25, -0.2) is 0 Å². The summed E-state index contributed by atoms with van der Waals surface area (Å²) in [5.41, 5.74) is 0. The molecule has 0 aromatic carbocycles. The molecule has 0 N–H and O–H groups in total. The van der Waals surface area contributed by atoms with Crippen LogP contribution < -0.4 is 0 Å². The molecule has 7 heteroatoms. The van der Waals surface area contributed by atoms with Crippen LogP contribution >= 0.6 is 11.3 Å². The molecule has 2 aromatic heterocycles. The number of carbonyl (C=O) groups excluding carboxylic acids is 1. The number of carbonyl (C=O) groups is 1. The average Bonchev–Trinajstić information content (AvgIpc) is 3.24. The van der Waals surface area contributed by atoms with Gasteiger partial charge in [0, 0.05) is 23.8 Å². The third kappa shape index (κ3) is 3.97. The molecule has 1 aliphatic rings. The zero-order valence-corrected chi connectivity index (χ0v) is 14.2. The Balaban J connectivity index is 1.57. The highest BCUT2D eigenvalue weighted by atomic mass is 32.1. The Morgan fingerprint density at radius 3 is 3.04 bits per heavy atom. The highest BCUT2D eigenvalue weighted by molar-refractivity contribution is 7.09. The van der Waals surface area contributed by atoms with E-state index in [1.165, 1.54) is 4.88 Å². The molecule has 1 atom stereocenters. The maximum atomic E-state index is 12.4. The summed E-state index contributed by atoms with van der Waals surface area (Å²) in [7, 11) is 0. The fourth-order valence-electron chi connectivity index (χ4n) is 2.48. The first-order valence-electron chi connectivity index (χ1n) is 7.88. The number of aryl methyl sites for hydroxylation is 1. The van der Waals surface area contributed by atoms with Crippen LogP contribution in [0.1, 0.15) is 48.9 Å². The zero-order chi connectivity index (χ0) is 16.2. The lowest BCUT2D eigenvalue weighted by Gasteiger charge is -2.31. The lowest BCUT2D eigenvalue weighted by atomic mass is 10.2. The number of nitrogens with zero attached hydrogens (tertiary/aromatic N) is 3. The Morgan fingerprint density at radius 2 is 2.35 bits per heavy atom. The molecule has 3 heterocycles. The molecule has 1 saturated heterocycles. The number of rotatable bonds is 5. The second-order valence-corrected chi connectivity index (χ2v) is 6.94. The van der Waals surface area contributed by atoms with Crippen LogP contribution in [0, 0.1) is 0 Å². The smallest absolute Gasteiger partial charge is 0.247 e. The summed E-state index contributed by atoms with van der Waals surface area (Å²) in [6.45, 7) is 5.58. The molecule has 1 aliphatic heterocycles. The molecule has 0 unspecified atom stereocenters.